The number of thioether (sulfide) groups is 1. The molecule has 0 aliphatic heterocycles. The van der Waals surface area contributed by atoms with E-state index < -0.39 is 0 Å². The summed E-state index contributed by atoms with van der Waals surface area (Å²) in [4.78, 5) is 16.2. The maximum atomic E-state index is 11.9. The largest absolute Gasteiger partial charge is 0.332 e. The van der Waals surface area contributed by atoms with Crippen LogP contribution >= 0.6 is 11.8 Å². The van der Waals surface area contributed by atoms with E-state index in [1.807, 2.05) is 42.5 Å². The molecule has 8 heteroatoms. The molecule has 1 aromatic carbocycles. The summed E-state index contributed by atoms with van der Waals surface area (Å²) < 4.78 is 0. The van der Waals surface area contributed by atoms with E-state index in [0.29, 0.717) is 12.2 Å². The van der Waals surface area contributed by atoms with Crippen LogP contribution in [0, 0.1) is 0 Å². The van der Waals surface area contributed by atoms with Crippen LogP contribution in [0.2, 0.25) is 0 Å². The van der Waals surface area contributed by atoms with Crippen molar-refractivity contribution in [3.8, 4) is 0 Å². The van der Waals surface area contributed by atoms with Gasteiger partial charge in [-0.05, 0) is 29.8 Å². The van der Waals surface area contributed by atoms with E-state index in [9.17, 15) is 4.79 Å². The number of urea groups is 1. The van der Waals surface area contributed by atoms with E-state index in [-0.39, 0.29) is 6.03 Å². The molecule has 0 radical (unpaired) electrons. The summed E-state index contributed by atoms with van der Waals surface area (Å²) in [7, 11) is 0. The molecular weight excluding hydrogens is 324 g/mol. The molecule has 0 fully saturated rings. The van der Waals surface area contributed by atoms with E-state index in [1.54, 1.807) is 24.2 Å². The average molecular weight is 340 g/mol. The molecule has 2 aromatic heterocycles. The van der Waals surface area contributed by atoms with Crippen molar-refractivity contribution in [2.75, 3.05) is 5.32 Å². The van der Waals surface area contributed by atoms with Crippen LogP contribution in [0.25, 0.3) is 0 Å². The highest BCUT2D eigenvalue weighted by atomic mass is 32.2. The summed E-state index contributed by atoms with van der Waals surface area (Å²) in [6, 6.07) is 13.3. The predicted molar refractivity (Wildman–Crippen MR) is 92.5 cm³/mol. The zero-order valence-corrected chi connectivity index (χ0v) is 13.6. The highest BCUT2D eigenvalue weighted by Crippen LogP contribution is 2.22. The van der Waals surface area contributed by atoms with E-state index >= 15 is 0 Å². The Morgan fingerprint density at radius 2 is 2.17 bits per heavy atom. The zero-order valence-electron chi connectivity index (χ0n) is 12.8. The Morgan fingerprint density at radius 3 is 2.96 bits per heavy atom. The van der Waals surface area contributed by atoms with Crippen molar-refractivity contribution in [1.82, 2.24) is 25.7 Å². The number of anilines is 1. The third-order valence-corrected chi connectivity index (χ3v) is 4.12. The third-order valence-electron chi connectivity index (χ3n) is 3.10. The first-order valence-corrected chi connectivity index (χ1v) is 8.30. The Kier molecular flexibility index (Phi) is 5.41. The number of aromatic amines is 1. The molecule has 0 atom stereocenters. The van der Waals surface area contributed by atoms with Gasteiger partial charge in [0.05, 0.1) is 17.8 Å². The summed E-state index contributed by atoms with van der Waals surface area (Å²) >= 11 is 1.65. The van der Waals surface area contributed by atoms with Crippen LogP contribution in [0.4, 0.5) is 10.5 Å². The number of amides is 2. The van der Waals surface area contributed by atoms with Crippen molar-refractivity contribution in [2.45, 2.75) is 17.3 Å². The molecule has 24 heavy (non-hydrogen) atoms. The van der Waals surface area contributed by atoms with Gasteiger partial charge in [0.15, 0.2) is 0 Å². The molecule has 2 amide bonds. The monoisotopic (exact) mass is 340 g/mol. The number of hydrogen-bond donors (Lipinski definition) is 3. The predicted octanol–water partition coefficient (Wildman–Crippen LogP) is 2.81. The molecule has 0 aliphatic rings. The van der Waals surface area contributed by atoms with Gasteiger partial charge in [-0.3, -0.25) is 0 Å². The van der Waals surface area contributed by atoms with Crippen LogP contribution in [0.5, 0.6) is 0 Å². The van der Waals surface area contributed by atoms with Crippen molar-refractivity contribution >= 4 is 23.5 Å². The zero-order chi connectivity index (χ0) is 16.6. The minimum absolute atomic E-state index is 0.285. The Bertz CT molecular complexity index is 778. The molecule has 7 nitrogen and oxygen atoms in total. The maximum Gasteiger partial charge on any atom is 0.319 e. The molecule has 0 aliphatic carbocycles. The van der Waals surface area contributed by atoms with Crippen LogP contribution in [0.3, 0.4) is 0 Å². The van der Waals surface area contributed by atoms with Gasteiger partial charge in [0, 0.05) is 17.6 Å². The average Bonchev–Trinajstić information content (AvgIpc) is 3.13. The molecule has 2 heterocycles. The van der Waals surface area contributed by atoms with Gasteiger partial charge in [0.1, 0.15) is 5.69 Å². The third kappa shape index (κ3) is 4.82. The van der Waals surface area contributed by atoms with E-state index in [1.165, 1.54) is 0 Å². The number of rotatable bonds is 6. The van der Waals surface area contributed by atoms with Gasteiger partial charge >= 0.3 is 6.03 Å². The molecule has 3 rings (SSSR count). The van der Waals surface area contributed by atoms with Gasteiger partial charge < -0.3 is 10.6 Å². The molecule has 122 valence electrons. The van der Waals surface area contributed by atoms with Crippen molar-refractivity contribution in [3.05, 3.63) is 66.1 Å². The summed E-state index contributed by atoms with van der Waals surface area (Å²) in [5, 5.41) is 16.6. The first-order chi connectivity index (χ1) is 11.8. The minimum Gasteiger partial charge on any atom is -0.332 e. The molecule has 0 unspecified atom stereocenters. The number of aromatic nitrogens is 4. The van der Waals surface area contributed by atoms with Gasteiger partial charge in [0.25, 0.3) is 0 Å². The number of pyridine rings is 1. The molecule has 0 bridgehead atoms. The summed E-state index contributed by atoms with van der Waals surface area (Å²) in [5.74, 6) is 0.785. The Hall–Kier alpha value is -2.87. The second-order valence-electron chi connectivity index (χ2n) is 4.93. The molecular formula is C16H16N6OS. The fourth-order valence-corrected chi connectivity index (χ4v) is 2.79. The molecule has 0 saturated heterocycles. The second kappa shape index (κ2) is 8.11. The van der Waals surface area contributed by atoms with Gasteiger partial charge in [-0.2, -0.15) is 15.4 Å². The first-order valence-electron chi connectivity index (χ1n) is 7.32. The van der Waals surface area contributed by atoms with Crippen molar-refractivity contribution in [3.63, 3.8) is 0 Å². The lowest BCUT2D eigenvalue weighted by atomic mass is 10.2. The number of hydrogen-bond acceptors (Lipinski definition) is 5. The molecule has 0 saturated carbocycles. The van der Waals surface area contributed by atoms with Gasteiger partial charge in [0.2, 0.25) is 0 Å². The van der Waals surface area contributed by atoms with Crippen molar-refractivity contribution in [2.24, 2.45) is 0 Å². The van der Waals surface area contributed by atoms with Gasteiger partial charge in [-0.1, -0.05) is 18.2 Å². The fraction of sp³-hybridized carbons (Fsp3) is 0.125. The number of nitrogens with zero attached hydrogens (tertiary/aromatic N) is 3. The lowest BCUT2D eigenvalue weighted by Gasteiger charge is -2.08. The Morgan fingerprint density at radius 1 is 1.21 bits per heavy atom. The van der Waals surface area contributed by atoms with Crippen LogP contribution in [-0.2, 0) is 12.3 Å². The smallest absolute Gasteiger partial charge is 0.319 e. The number of benzene rings is 1. The van der Waals surface area contributed by atoms with Crippen molar-refractivity contribution in [1.29, 1.82) is 0 Å². The van der Waals surface area contributed by atoms with E-state index in [4.69, 9.17) is 0 Å². The van der Waals surface area contributed by atoms with Crippen LogP contribution < -0.4 is 10.6 Å². The molecule has 3 aromatic rings. The van der Waals surface area contributed by atoms with E-state index in [0.717, 1.165) is 22.0 Å². The quantitative estimate of drug-likeness (QED) is 0.600. The molecule has 3 N–H and O–H groups in total. The van der Waals surface area contributed by atoms with Gasteiger partial charge in [-0.25, -0.2) is 9.78 Å². The van der Waals surface area contributed by atoms with Crippen LogP contribution in [0.1, 0.15) is 11.3 Å². The first kappa shape index (κ1) is 16.0. The number of carbonyl (C=O) groups excluding carboxylic acids is 1. The SMILES string of the molecule is O=C(NCc1cn[nH]n1)Nc1cccc(CSc2ccccn2)c1. The van der Waals surface area contributed by atoms with E-state index in [2.05, 4.69) is 31.0 Å². The maximum absolute atomic E-state index is 11.9. The summed E-state index contributed by atoms with van der Waals surface area (Å²) in [6.07, 6.45) is 3.34. The molecule has 0 spiro atoms. The van der Waals surface area contributed by atoms with Crippen molar-refractivity contribution < 1.29 is 4.79 Å². The topological polar surface area (TPSA) is 95.6 Å². The minimum atomic E-state index is -0.285. The van der Waals surface area contributed by atoms with Gasteiger partial charge in [-0.15, -0.1) is 11.8 Å². The fourth-order valence-electron chi connectivity index (χ4n) is 1.99. The lowest BCUT2D eigenvalue weighted by Crippen LogP contribution is -2.28. The standard InChI is InChI=1S/C16H16N6OS/c23-16(18-9-14-10-19-22-21-14)20-13-5-3-4-12(8-13)11-24-15-6-1-2-7-17-15/h1-8,10H,9,11H2,(H2,18,20,23)(H,19,21,22). The normalized spacial score (nSPS) is 10.3. The lowest BCUT2D eigenvalue weighted by molar-refractivity contribution is 0.251. The summed E-state index contributed by atoms with van der Waals surface area (Å²) in [6.45, 7) is 0.317. The summed E-state index contributed by atoms with van der Waals surface area (Å²) in [5.41, 5.74) is 2.53. The van der Waals surface area contributed by atoms with Crippen LogP contribution in [-0.4, -0.2) is 26.4 Å². The number of carbonyl (C=O) groups is 1. The Balaban J connectivity index is 1.51. The highest BCUT2D eigenvalue weighted by molar-refractivity contribution is 7.98. The highest BCUT2D eigenvalue weighted by Gasteiger charge is 2.04. The number of H-pyrrole nitrogens is 1. The van der Waals surface area contributed by atoms with Crippen LogP contribution in [0.15, 0.2) is 59.9 Å². The Labute approximate surface area is 143 Å². The second-order valence-corrected chi connectivity index (χ2v) is 5.92. The number of nitrogens with one attached hydrogen (secondary N) is 3.